The van der Waals surface area contributed by atoms with Crippen molar-refractivity contribution >= 4 is 40.2 Å². The lowest BCUT2D eigenvalue weighted by molar-refractivity contribution is -0.384. The first-order chi connectivity index (χ1) is 13.9. The van der Waals surface area contributed by atoms with Crippen LogP contribution in [0.25, 0.3) is 16.9 Å². The smallest absolute Gasteiger partial charge is 0.357 e. The van der Waals surface area contributed by atoms with Crippen LogP contribution in [-0.2, 0) is 9.47 Å². The maximum atomic E-state index is 12.6. The number of hydrogen-bond acceptors (Lipinski definition) is 7. The molecule has 0 spiro atoms. The number of nitro benzene ring substituents is 1. The number of rotatable bonds is 5. The second-order valence-electron chi connectivity index (χ2n) is 5.76. The Hall–Kier alpha value is -3.28. The Balaban J connectivity index is 2.38. The molecule has 3 aromatic rings. The van der Waals surface area contributed by atoms with Crippen molar-refractivity contribution in [3.8, 4) is 16.9 Å². The van der Waals surface area contributed by atoms with Gasteiger partial charge in [-0.15, -0.1) is 0 Å². The summed E-state index contributed by atoms with van der Waals surface area (Å²) in [6.45, 7) is 0. The highest BCUT2D eigenvalue weighted by molar-refractivity contribution is 14.1. The number of para-hydroxylation sites is 1. The Kier molecular flexibility index (Phi) is 5.92. The van der Waals surface area contributed by atoms with Crippen molar-refractivity contribution in [2.24, 2.45) is 0 Å². The van der Waals surface area contributed by atoms with E-state index >= 15 is 0 Å². The first kappa shape index (κ1) is 20.5. The topological polar surface area (TPSA) is 114 Å². The van der Waals surface area contributed by atoms with E-state index in [9.17, 15) is 19.7 Å². The van der Waals surface area contributed by atoms with Crippen molar-refractivity contribution in [1.29, 1.82) is 0 Å². The van der Waals surface area contributed by atoms with E-state index in [1.54, 1.807) is 36.4 Å². The monoisotopic (exact) mass is 507 g/mol. The number of carbonyl (C=O) groups excluding carboxylic acids is 2. The minimum atomic E-state index is -0.816. The molecule has 10 heteroatoms. The van der Waals surface area contributed by atoms with Crippen LogP contribution in [0.1, 0.15) is 20.8 Å². The number of carbonyl (C=O) groups is 2. The van der Waals surface area contributed by atoms with Crippen molar-refractivity contribution < 1.29 is 24.0 Å². The van der Waals surface area contributed by atoms with Gasteiger partial charge in [0.1, 0.15) is 11.3 Å². The number of non-ortho nitro benzene ring substituents is 1. The van der Waals surface area contributed by atoms with Crippen molar-refractivity contribution in [2.75, 3.05) is 14.2 Å². The normalized spacial score (nSPS) is 10.4. The van der Waals surface area contributed by atoms with E-state index in [0.29, 0.717) is 14.8 Å². The van der Waals surface area contributed by atoms with Gasteiger partial charge in [0, 0.05) is 21.3 Å². The lowest BCUT2D eigenvalue weighted by atomic mass is 10.0. The van der Waals surface area contributed by atoms with Crippen LogP contribution in [0.3, 0.4) is 0 Å². The molecule has 2 aromatic carbocycles. The van der Waals surface area contributed by atoms with Crippen molar-refractivity contribution in [1.82, 2.24) is 9.78 Å². The van der Waals surface area contributed by atoms with Crippen molar-refractivity contribution in [3.63, 3.8) is 0 Å². The molecular formula is C19H14IN3O6. The molecule has 1 aromatic heterocycles. The molecule has 0 saturated heterocycles. The molecule has 9 nitrogen and oxygen atoms in total. The zero-order valence-corrected chi connectivity index (χ0v) is 17.4. The first-order valence-corrected chi connectivity index (χ1v) is 9.25. The van der Waals surface area contributed by atoms with Gasteiger partial charge in [0.2, 0.25) is 0 Å². The molecule has 0 bridgehead atoms. The largest absolute Gasteiger partial charge is 0.465 e. The Morgan fingerprint density at radius 3 is 2.31 bits per heavy atom. The van der Waals surface area contributed by atoms with Gasteiger partial charge in [-0.2, -0.15) is 5.10 Å². The van der Waals surface area contributed by atoms with Gasteiger partial charge in [0.25, 0.3) is 5.69 Å². The Labute approximate surface area is 178 Å². The molecule has 0 amide bonds. The summed E-state index contributed by atoms with van der Waals surface area (Å²) in [5.74, 6) is -1.61. The maximum Gasteiger partial charge on any atom is 0.357 e. The second-order valence-corrected chi connectivity index (χ2v) is 7.00. The first-order valence-electron chi connectivity index (χ1n) is 8.17. The molecule has 0 N–H and O–H groups in total. The SMILES string of the molecule is COC(=O)c1c(-c2cc(I)cc([N+](=O)[O-])c2)nn(-c2ccccc2)c1C(=O)OC. The van der Waals surface area contributed by atoms with Crippen molar-refractivity contribution in [3.05, 3.63) is 73.5 Å². The minimum absolute atomic E-state index is 0.0720. The van der Waals surface area contributed by atoms with Gasteiger partial charge in [0.15, 0.2) is 5.69 Å². The highest BCUT2D eigenvalue weighted by Gasteiger charge is 2.31. The third-order valence-corrected chi connectivity index (χ3v) is 4.64. The lowest BCUT2D eigenvalue weighted by Crippen LogP contribution is -2.15. The average molecular weight is 507 g/mol. The quantitative estimate of drug-likeness (QED) is 0.224. The van der Waals surface area contributed by atoms with E-state index < -0.39 is 16.9 Å². The summed E-state index contributed by atoms with van der Waals surface area (Å²) < 4.78 is 11.5. The summed E-state index contributed by atoms with van der Waals surface area (Å²) in [7, 11) is 2.35. The molecule has 0 fully saturated rings. The number of esters is 2. The van der Waals surface area contributed by atoms with E-state index in [4.69, 9.17) is 9.47 Å². The summed E-state index contributed by atoms with van der Waals surface area (Å²) in [6, 6.07) is 13.0. The number of nitrogens with zero attached hydrogens (tertiary/aromatic N) is 3. The Morgan fingerprint density at radius 2 is 1.72 bits per heavy atom. The highest BCUT2D eigenvalue weighted by Crippen LogP contribution is 2.32. The second kappa shape index (κ2) is 8.39. The van der Waals surface area contributed by atoms with E-state index in [1.807, 2.05) is 22.6 Å². The van der Waals surface area contributed by atoms with Gasteiger partial charge in [-0.25, -0.2) is 14.3 Å². The van der Waals surface area contributed by atoms with Crippen LogP contribution in [-0.4, -0.2) is 40.9 Å². The number of benzene rings is 2. The maximum absolute atomic E-state index is 12.6. The van der Waals surface area contributed by atoms with Gasteiger partial charge in [-0.1, -0.05) is 18.2 Å². The Morgan fingerprint density at radius 1 is 1.07 bits per heavy atom. The van der Waals surface area contributed by atoms with Gasteiger partial charge >= 0.3 is 11.9 Å². The zero-order chi connectivity index (χ0) is 21.1. The number of methoxy groups -OCH3 is 2. The Bertz CT molecular complexity index is 1110. The fourth-order valence-corrected chi connectivity index (χ4v) is 3.43. The molecule has 0 aliphatic rings. The minimum Gasteiger partial charge on any atom is -0.465 e. The van der Waals surface area contributed by atoms with Crippen molar-refractivity contribution in [2.45, 2.75) is 0 Å². The predicted molar refractivity (Wildman–Crippen MR) is 111 cm³/mol. The molecule has 0 unspecified atom stereocenters. The molecule has 0 radical (unpaired) electrons. The summed E-state index contributed by atoms with van der Waals surface area (Å²) in [6.07, 6.45) is 0. The van der Waals surface area contributed by atoms with Crippen LogP contribution >= 0.6 is 22.6 Å². The van der Waals surface area contributed by atoms with Crippen LogP contribution in [0.4, 0.5) is 5.69 Å². The number of nitro groups is 1. The zero-order valence-electron chi connectivity index (χ0n) is 15.3. The van der Waals surface area contributed by atoms with E-state index in [-0.39, 0.29) is 22.6 Å². The highest BCUT2D eigenvalue weighted by atomic mass is 127. The average Bonchev–Trinajstić information content (AvgIpc) is 3.13. The molecule has 148 valence electrons. The number of ether oxygens (including phenoxy) is 2. The van der Waals surface area contributed by atoms with E-state index in [2.05, 4.69) is 5.10 Å². The van der Waals surface area contributed by atoms with E-state index in [0.717, 1.165) is 0 Å². The molecule has 0 aliphatic heterocycles. The van der Waals surface area contributed by atoms with Gasteiger partial charge in [0.05, 0.1) is 24.8 Å². The predicted octanol–water partition coefficient (Wildman–Crippen LogP) is 3.63. The number of halogens is 1. The van der Waals surface area contributed by atoms with Gasteiger partial charge < -0.3 is 9.47 Å². The van der Waals surface area contributed by atoms with Crippen LogP contribution in [0.5, 0.6) is 0 Å². The summed E-state index contributed by atoms with van der Waals surface area (Å²) in [4.78, 5) is 35.8. The van der Waals surface area contributed by atoms with E-state index in [1.165, 1.54) is 31.0 Å². The molecule has 0 atom stereocenters. The molecular weight excluding hydrogens is 493 g/mol. The molecule has 0 saturated carbocycles. The van der Waals surface area contributed by atoms with Crippen LogP contribution in [0, 0.1) is 13.7 Å². The summed E-state index contributed by atoms with van der Waals surface area (Å²) >= 11 is 1.93. The number of aromatic nitrogens is 2. The molecule has 3 rings (SSSR count). The van der Waals surface area contributed by atoms with Crippen LogP contribution < -0.4 is 0 Å². The summed E-state index contributed by atoms with van der Waals surface area (Å²) in [5, 5.41) is 15.7. The fraction of sp³-hybridized carbons (Fsp3) is 0.105. The standard InChI is InChI=1S/C19H14IN3O6/c1-28-18(24)15-16(11-8-12(20)10-14(9-11)23(26)27)21-22(17(15)19(25)29-2)13-6-4-3-5-7-13/h3-10H,1-2H3. The molecule has 0 aliphatic carbocycles. The van der Waals surface area contributed by atoms with Crippen LogP contribution in [0.2, 0.25) is 0 Å². The molecule has 1 heterocycles. The number of hydrogen-bond donors (Lipinski definition) is 0. The molecule has 29 heavy (non-hydrogen) atoms. The third-order valence-electron chi connectivity index (χ3n) is 4.02. The van der Waals surface area contributed by atoms with Gasteiger partial charge in [-0.3, -0.25) is 10.1 Å². The van der Waals surface area contributed by atoms with Gasteiger partial charge in [-0.05, 0) is 40.8 Å². The third kappa shape index (κ3) is 3.97. The van der Waals surface area contributed by atoms with Crippen LogP contribution in [0.15, 0.2) is 48.5 Å². The lowest BCUT2D eigenvalue weighted by Gasteiger charge is -2.07. The fourth-order valence-electron chi connectivity index (χ4n) is 2.77. The summed E-state index contributed by atoms with van der Waals surface area (Å²) in [5.41, 5.74) is 0.425.